The molecule has 0 radical (unpaired) electrons. The molecule has 1 aliphatic carbocycles. The fraction of sp³-hybridized carbons (Fsp3) is 0.486. The van der Waals surface area contributed by atoms with Crippen molar-refractivity contribution in [2.45, 2.75) is 103 Å². The van der Waals surface area contributed by atoms with E-state index in [0.29, 0.717) is 43.3 Å². The number of H-pyrrole nitrogens is 1. The number of nitrogens with zero attached hydrogens (tertiary/aromatic N) is 7. The van der Waals surface area contributed by atoms with Gasteiger partial charge in [0.1, 0.15) is 5.82 Å². The smallest absolute Gasteiger partial charge is 1.00 e. The Balaban J connectivity index is 0.00000260. The Hall–Kier alpha value is -2.58. The van der Waals surface area contributed by atoms with Crippen molar-refractivity contribution in [1.82, 2.24) is 39.8 Å². The summed E-state index contributed by atoms with van der Waals surface area (Å²) in [6, 6.07) is 16.4. The van der Waals surface area contributed by atoms with Gasteiger partial charge < -0.3 is 11.3 Å². The van der Waals surface area contributed by atoms with Crippen molar-refractivity contribution in [3.63, 3.8) is 0 Å². The van der Waals surface area contributed by atoms with Crippen molar-refractivity contribution in [3.05, 3.63) is 81.5 Å². The zero-order valence-corrected chi connectivity index (χ0v) is 31.4. The van der Waals surface area contributed by atoms with Crippen LogP contribution >= 0.6 is 0 Å². The van der Waals surface area contributed by atoms with Crippen molar-refractivity contribution < 1.29 is 62.7 Å². The van der Waals surface area contributed by atoms with Crippen LogP contribution in [-0.4, -0.2) is 63.2 Å². The molecule has 0 atom stereocenters. The third-order valence-corrected chi connectivity index (χ3v) is 9.55. The maximum atomic E-state index is 14.5. The SMILES string of the molecule is CCCc1c(Cc2ccc(-c3ccccc3-c3nn[nH]n3)cc2)c(=O)n(C2CCC(OCC(O)(CC)CC)CC2)c2nc(C)nn12.[H-].[K+]. The molecular formula is C35H45KN8O3. The molecule has 47 heavy (non-hydrogen) atoms. The Bertz CT molecular complexity index is 1830. The molecule has 12 heteroatoms. The van der Waals surface area contributed by atoms with E-state index in [9.17, 15) is 9.90 Å². The molecule has 0 unspecified atom stereocenters. The van der Waals surface area contributed by atoms with Crippen LogP contribution in [0.25, 0.3) is 28.3 Å². The molecule has 11 nitrogen and oxygen atoms in total. The van der Waals surface area contributed by atoms with Gasteiger partial charge in [0.05, 0.1) is 24.0 Å². The molecule has 0 spiro atoms. The van der Waals surface area contributed by atoms with E-state index in [1.807, 2.05) is 54.1 Å². The van der Waals surface area contributed by atoms with E-state index < -0.39 is 5.60 Å². The van der Waals surface area contributed by atoms with Gasteiger partial charge in [0.25, 0.3) is 5.56 Å². The Kier molecular flexibility index (Phi) is 12.0. The van der Waals surface area contributed by atoms with Gasteiger partial charge in [-0.15, -0.1) is 10.2 Å². The first-order valence-corrected chi connectivity index (χ1v) is 16.6. The maximum Gasteiger partial charge on any atom is 1.00 e. The number of nitrogens with one attached hydrogen (secondary N) is 1. The number of aryl methyl sites for hydroxylation is 2. The van der Waals surface area contributed by atoms with Crippen LogP contribution in [-0.2, 0) is 17.6 Å². The zero-order chi connectivity index (χ0) is 32.3. The second kappa shape index (κ2) is 15.8. The summed E-state index contributed by atoms with van der Waals surface area (Å²) in [6.45, 7) is 8.34. The Morgan fingerprint density at radius 2 is 1.72 bits per heavy atom. The molecule has 1 fully saturated rings. The number of rotatable bonds is 12. The van der Waals surface area contributed by atoms with Gasteiger partial charge in [0.2, 0.25) is 11.6 Å². The predicted molar refractivity (Wildman–Crippen MR) is 178 cm³/mol. The summed E-state index contributed by atoms with van der Waals surface area (Å²) in [4.78, 5) is 19.2. The largest absolute Gasteiger partial charge is 1.00 e. The monoisotopic (exact) mass is 664 g/mol. The standard InChI is InChI=1S/C35H44N8O3.K.H/c1-5-10-31-30(21-24-13-15-25(16-14-24)28-11-8-9-12-29(28)32-37-40-41-38-32)33(44)42(34-36-23(4)39-43(31)34)26-17-19-27(20-18-26)46-22-35(45,6-2)7-3;;/h8-9,11-16,26-27,45H,5-7,10,17-22H2,1-4H3,(H,37,38,40,41);;/q;+1;-1. The average Bonchev–Trinajstić information content (AvgIpc) is 3.76. The summed E-state index contributed by atoms with van der Waals surface area (Å²) in [5.41, 5.74) is 4.94. The molecule has 0 saturated heterocycles. The summed E-state index contributed by atoms with van der Waals surface area (Å²) < 4.78 is 9.99. The summed E-state index contributed by atoms with van der Waals surface area (Å²) in [5, 5.41) is 30.1. The minimum atomic E-state index is -0.779. The van der Waals surface area contributed by atoms with Crippen molar-refractivity contribution in [2.24, 2.45) is 0 Å². The number of hydrogen-bond acceptors (Lipinski definition) is 8. The Labute approximate surface area is 319 Å². The van der Waals surface area contributed by atoms with Crippen LogP contribution in [0.1, 0.15) is 95.8 Å². The van der Waals surface area contributed by atoms with Gasteiger partial charge in [-0.05, 0) is 73.8 Å². The zero-order valence-electron chi connectivity index (χ0n) is 29.2. The Morgan fingerprint density at radius 3 is 2.36 bits per heavy atom. The van der Waals surface area contributed by atoms with Gasteiger partial charge >= 0.3 is 51.4 Å². The van der Waals surface area contributed by atoms with Crippen molar-refractivity contribution in [3.8, 4) is 22.5 Å². The van der Waals surface area contributed by atoms with Crippen molar-refractivity contribution in [1.29, 1.82) is 0 Å². The summed E-state index contributed by atoms with van der Waals surface area (Å²) in [5.74, 6) is 1.83. The van der Waals surface area contributed by atoms with E-state index in [0.717, 1.165) is 72.0 Å². The molecule has 2 aromatic carbocycles. The minimum absolute atomic E-state index is 0. The van der Waals surface area contributed by atoms with Crippen LogP contribution in [0.2, 0.25) is 0 Å². The second-order valence-corrected chi connectivity index (χ2v) is 12.5. The van der Waals surface area contributed by atoms with Crippen LogP contribution in [0, 0.1) is 6.92 Å². The third-order valence-electron chi connectivity index (χ3n) is 9.55. The summed E-state index contributed by atoms with van der Waals surface area (Å²) in [7, 11) is 0. The van der Waals surface area contributed by atoms with E-state index in [4.69, 9.17) is 14.8 Å². The van der Waals surface area contributed by atoms with Crippen LogP contribution < -0.4 is 56.9 Å². The second-order valence-electron chi connectivity index (χ2n) is 12.5. The number of aromatic nitrogens is 8. The topological polar surface area (TPSA) is 136 Å². The maximum absolute atomic E-state index is 14.5. The molecular weight excluding hydrogens is 620 g/mol. The fourth-order valence-corrected chi connectivity index (χ4v) is 6.64. The first-order valence-electron chi connectivity index (χ1n) is 16.6. The first kappa shape index (κ1) is 35.7. The molecule has 0 aliphatic heterocycles. The van der Waals surface area contributed by atoms with Crippen LogP contribution in [0.15, 0.2) is 53.3 Å². The first-order chi connectivity index (χ1) is 22.3. The van der Waals surface area contributed by atoms with Crippen LogP contribution in [0.4, 0.5) is 0 Å². The van der Waals surface area contributed by atoms with E-state index in [2.05, 4.69) is 51.8 Å². The number of tetrazole rings is 1. The van der Waals surface area contributed by atoms with Gasteiger partial charge in [-0.2, -0.15) is 15.3 Å². The molecule has 6 rings (SSSR count). The van der Waals surface area contributed by atoms with Gasteiger partial charge in [-0.25, -0.2) is 4.52 Å². The predicted octanol–water partition coefficient (Wildman–Crippen LogP) is 2.76. The molecule has 0 amide bonds. The third kappa shape index (κ3) is 7.69. The molecule has 3 heterocycles. The van der Waals surface area contributed by atoms with Crippen molar-refractivity contribution in [2.75, 3.05) is 6.61 Å². The quantitative estimate of drug-likeness (QED) is 0.195. The number of hydrogen-bond donors (Lipinski definition) is 2. The van der Waals surface area contributed by atoms with Crippen LogP contribution in [0.3, 0.4) is 0 Å². The van der Waals surface area contributed by atoms with Gasteiger partial charge in [-0.1, -0.05) is 75.7 Å². The number of aliphatic hydroxyl groups is 1. The molecule has 5 aromatic rings. The molecule has 1 saturated carbocycles. The summed E-state index contributed by atoms with van der Waals surface area (Å²) >= 11 is 0. The van der Waals surface area contributed by atoms with Gasteiger partial charge in [0.15, 0.2) is 0 Å². The summed E-state index contributed by atoms with van der Waals surface area (Å²) in [6.07, 6.45) is 6.82. The number of aromatic amines is 1. The average molecular weight is 665 g/mol. The van der Waals surface area contributed by atoms with Crippen LogP contribution in [0.5, 0.6) is 0 Å². The number of ether oxygens (including phenoxy) is 1. The number of benzene rings is 2. The minimum Gasteiger partial charge on any atom is -1.00 e. The molecule has 1 aliphatic rings. The molecule has 244 valence electrons. The normalized spacial score (nSPS) is 16.8. The molecule has 3 aromatic heterocycles. The number of fused-ring (bicyclic) bond motifs is 1. The van der Waals surface area contributed by atoms with E-state index in [1.165, 1.54) is 0 Å². The fourth-order valence-electron chi connectivity index (χ4n) is 6.64. The van der Waals surface area contributed by atoms with E-state index in [1.54, 1.807) is 0 Å². The van der Waals surface area contributed by atoms with Gasteiger partial charge in [-0.3, -0.25) is 9.36 Å². The Morgan fingerprint density at radius 1 is 1.02 bits per heavy atom. The molecule has 2 N–H and O–H groups in total. The van der Waals surface area contributed by atoms with E-state index in [-0.39, 0.29) is 70.5 Å². The van der Waals surface area contributed by atoms with Crippen molar-refractivity contribution >= 4 is 5.78 Å². The van der Waals surface area contributed by atoms with Gasteiger partial charge in [0, 0.05) is 23.6 Å². The molecule has 0 bridgehead atoms. The van der Waals surface area contributed by atoms with E-state index >= 15 is 0 Å².